The van der Waals surface area contributed by atoms with E-state index < -0.39 is 17.2 Å². The highest BCUT2D eigenvalue weighted by Crippen LogP contribution is 2.36. The van der Waals surface area contributed by atoms with Gasteiger partial charge in [-0.2, -0.15) is 11.8 Å². The molecule has 0 spiro atoms. The standard InChI is InChI=1S/C23H35N3O3S/c1-6-23(10-7-11-26(23)21(28)29-22(3,4)5)20(27)24-19-9-8-18(16-17(19)2)25-12-14-30-15-13-25/h8-9,16H,6-7,10-15H2,1-5H3,(H,24,27)/t23-/m1/s1. The molecule has 0 unspecified atom stereocenters. The predicted molar refractivity (Wildman–Crippen MR) is 125 cm³/mol. The number of carbonyl (C=O) groups is 2. The van der Waals surface area contributed by atoms with Crippen molar-refractivity contribution in [2.24, 2.45) is 0 Å². The Morgan fingerprint density at radius 1 is 1.20 bits per heavy atom. The smallest absolute Gasteiger partial charge is 0.411 e. The number of thioether (sulfide) groups is 1. The lowest BCUT2D eigenvalue weighted by Gasteiger charge is -2.37. The Hall–Kier alpha value is -1.89. The number of aryl methyl sites for hydroxylation is 1. The van der Waals surface area contributed by atoms with Crippen molar-refractivity contribution in [2.75, 3.05) is 41.4 Å². The molecule has 2 aliphatic heterocycles. The van der Waals surface area contributed by atoms with Crippen molar-refractivity contribution >= 4 is 35.1 Å². The van der Waals surface area contributed by atoms with Crippen LogP contribution in [0.15, 0.2) is 18.2 Å². The number of carbonyl (C=O) groups excluding carboxylic acids is 2. The first-order valence-corrected chi connectivity index (χ1v) is 12.1. The van der Waals surface area contributed by atoms with Gasteiger partial charge in [0.15, 0.2) is 0 Å². The predicted octanol–water partition coefficient (Wildman–Crippen LogP) is 4.67. The second kappa shape index (κ2) is 9.08. The summed E-state index contributed by atoms with van der Waals surface area (Å²) in [5.74, 6) is 2.17. The zero-order valence-electron chi connectivity index (χ0n) is 18.9. The molecule has 0 saturated carbocycles. The fourth-order valence-corrected chi connectivity index (χ4v) is 5.17. The first kappa shape index (κ1) is 22.8. The van der Waals surface area contributed by atoms with Crippen LogP contribution < -0.4 is 10.2 Å². The van der Waals surface area contributed by atoms with E-state index in [9.17, 15) is 9.59 Å². The molecule has 1 N–H and O–H groups in total. The normalized spacial score (nSPS) is 22.2. The van der Waals surface area contributed by atoms with Crippen LogP contribution in [0, 0.1) is 6.92 Å². The van der Waals surface area contributed by atoms with E-state index in [0.29, 0.717) is 19.4 Å². The summed E-state index contributed by atoms with van der Waals surface area (Å²) in [6.07, 6.45) is 1.59. The molecule has 2 saturated heterocycles. The highest BCUT2D eigenvalue weighted by Gasteiger charge is 2.49. The van der Waals surface area contributed by atoms with Crippen molar-refractivity contribution in [2.45, 2.75) is 65.0 Å². The van der Waals surface area contributed by atoms with Crippen LogP contribution in [-0.4, -0.2) is 59.2 Å². The minimum absolute atomic E-state index is 0.126. The Morgan fingerprint density at radius 2 is 1.90 bits per heavy atom. The zero-order chi connectivity index (χ0) is 21.9. The summed E-state index contributed by atoms with van der Waals surface area (Å²) in [6.45, 7) is 12.2. The fraction of sp³-hybridized carbons (Fsp3) is 0.652. The number of likely N-dealkylation sites (tertiary alicyclic amines) is 1. The molecule has 2 amide bonds. The number of benzene rings is 1. The van der Waals surface area contributed by atoms with Gasteiger partial charge in [-0.25, -0.2) is 4.79 Å². The lowest BCUT2D eigenvalue weighted by Crippen LogP contribution is -2.56. The number of hydrogen-bond donors (Lipinski definition) is 1. The van der Waals surface area contributed by atoms with Crippen LogP contribution in [-0.2, 0) is 9.53 Å². The monoisotopic (exact) mass is 433 g/mol. The molecular weight excluding hydrogens is 398 g/mol. The van der Waals surface area contributed by atoms with E-state index in [1.807, 2.05) is 52.4 Å². The number of rotatable bonds is 4. The van der Waals surface area contributed by atoms with Crippen LogP contribution >= 0.6 is 11.8 Å². The molecule has 166 valence electrons. The summed E-state index contributed by atoms with van der Waals surface area (Å²) in [4.78, 5) is 30.2. The number of nitrogens with one attached hydrogen (secondary N) is 1. The highest BCUT2D eigenvalue weighted by atomic mass is 32.2. The molecule has 2 aliphatic rings. The van der Waals surface area contributed by atoms with Gasteiger partial charge in [0, 0.05) is 42.5 Å². The molecule has 0 bridgehead atoms. The van der Waals surface area contributed by atoms with Gasteiger partial charge in [0.1, 0.15) is 11.1 Å². The van der Waals surface area contributed by atoms with Gasteiger partial charge in [0.2, 0.25) is 5.91 Å². The number of nitrogens with zero attached hydrogens (tertiary/aromatic N) is 2. The van der Waals surface area contributed by atoms with Gasteiger partial charge in [-0.3, -0.25) is 9.69 Å². The van der Waals surface area contributed by atoms with Gasteiger partial charge in [-0.1, -0.05) is 6.92 Å². The van der Waals surface area contributed by atoms with Crippen molar-refractivity contribution in [3.8, 4) is 0 Å². The fourth-order valence-electron chi connectivity index (χ4n) is 4.27. The van der Waals surface area contributed by atoms with Crippen LogP contribution in [0.3, 0.4) is 0 Å². The lowest BCUT2D eigenvalue weighted by molar-refractivity contribution is -0.126. The number of anilines is 2. The SMILES string of the molecule is CC[C@]1(C(=O)Nc2ccc(N3CCSCC3)cc2C)CCCN1C(=O)OC(C)(C)C. The molecule has 7 heteroatoms. The summed E-state index contributed by atoms with van der Waals surface area (Å²) in [5.41, 5.74) is 1.59. The Kier molecular flexibility index (Phi) is 6.90. The van der Waals surface area contributed by atoms with Gasteiger partial charge in [-0.15, -0.1) is 0 Å². The van der Waals surface area contributed by atoms with E-state index in [0.717, 1.165) is 42.3 Å². The van der Waals surface area contributed by atoms with Gasteiger partial charge in [-0.05, 0) is 70.7 Å². The molecule has 1 aromatic carbocycles. The highest BCUT2D eigenvalue weighted by molar-refractivity contribution is 7.99. The van der Waals surface area contributed by atoms with Gasteiger partial charge < -0.3 is 15.0 Å². The molecule has 2 fully saturated rings. The van der Waals surface area contributed by atoms with E-state index in [1.165, 1.54) is 5.69 Å². The van der Waals surface area contributed by atoms with E-state index in [4.69, 9.17) is 4.74 Å². The molecule has 0 aromatic heterocycles. The van der Waals surface area contributed by atoms with Crippen molar-refractivity contribution < 1.29 is 14.3 Å². The van der Waals surface area contributed by atoms with Gasteiger partial charge in [0.25, 0.3) is 0 Å². The third kappa shape index (κ3) is 4.88. The van der Waals surface area contributed by atoms with Crippen LogP contribution in [0.1, 0.15) is 52.5 Å². The maximum absolute atomic E-state index is 13.4. The number of hydrogen-bond acceptors (Lipinski definition) is 5. The van der Waals surface area contributed by atoms with Gasteiger partial charge in [0.05, 0.1) is 0 Å². The molecule has 1 aromatic rings. The van der Waals surface area contributed by atoms with Crippen molar-refractivity contribution in [1.29, 1.82) is 0 Å². The van der Waals surface area contributed by atoms with E-state index in [1.54, 1.807) is 4.90 Å². The Balaban J connectivity index is 1.76. The minimum atomic E-state index is -0.864. The summed E-state index contributed by atoms with van der Waals surface area (Å²) < 4.78 is 5.59. The van der Waals surface area contributed by atoms with E-state index >= 15 is 0 Å². The maximum Gasteiger partial charge on any atom is 0.411 e. The molecule has 30 heavy (non-hydrogen) atoms. The quantitative estimate of drug-likeness (QED) is 0.748. The molecule has 3 rings (SSSR count). The maximum atomic E-state index is 13.4. The van der Waals surface area contributed by atoms with Crippen molar-refractivity contribution in [3.63, 3.8) is 0 Å². The second-order valence-electron chi connectivity index (χ2n) is 9.17. The molecular formula is C23H35N3O3S. The van der Waals surface area contributed by atoms with Crippen LogP contribution in [0.4, 0.5) is 16.2 Å². The van der Waals surface area contributed by atoms with Gasteiger partial charge >= 0.3 is 6.09 Å². The average Bonchev–Trinajstić information content (AvgIpc) is 3.14. The zero-order valence-corrected chi connectivity index (χ0v) is 19.7. The summed E-state index contributed by atoms with van der Waals surface area (Å²) in [7, 11) is 0. The Morgan fingerprint density at radius 3 is 2.50 bits per heavy atom. The third-order valence-electron chi connectivity index (χ3n) is 5.94. The van der Waals surface area contributed by atoms with Crippen molar-refractivity contribution in [1.82, 2.24) is 4.90 Å². The second-order valence-corrected chi connectivity index (χ2v) is 10.4. The topological polar surface area (TPSA) is 61.9 Å². The van der Waals surface area contributed by atoms with Crippen LogP contribution in [0.5, 0.6) is 0 Å². The average molecular weight is 434 g/mol. The summed E-state index contributed by atoms with van der Waals surface area (Å²) in [6, 6.07) is 6.21. The molecule has 2 heterocycles. The van der Waals surface area contributed by atoms with E-state index in [2.05, 4.69) is 22.3 Å². The largest absolute Gasteiger partial charge is 0.444 e. The lowest BCUT2D eigenvalue weighted by atomic mass is 9.91. The van der Waals surface area contributed by atoms with Crippen LogP contribution in [0.25, 0.3) is 0 Å². The summed E-state index contributed by atoms with van der Waals surface area (Å²) >= 11 is 1.99. The van der Waals surface area contributed by atoms with Crippen molar-refractivity contribution in [3.05, 3.63) is 23.8 Å². The molecule has 1 atom stereocenters. The number of amides is 2. The first-order valence-electron chi connectivity index (χ1n) is 10.9. The molecule has 0 aliphatic carbocycles. The minimum Gasteiger partial charge on any atom is -0.444 e. The third-order valence-corrected chi connectivity index (χ3v) is 6.89. The van der Waals surface area contributed by atoms with Crippen LogP contribution in [0.2, 0.25) is 0 Å². The summed E-state index contributed by atoms with van der Waals surface area (Å²) in [5, 5.41) is 3.11. The van der Waals surface area contributed by atoms with E-state index in [-0.39, 0.29) is 5.91 Å². The number of ether oxygens (including phenoxy) is 1. The molecule has 6 nitrogen and oxygen atoms in total. The first-order chi connectivity index (χ1) is 14.2. The Bertz CT molecular complexity index is 786. The Labute approximate surface area is 184 Å². The molecule has 0 radical (unpaired) electrons.